The van der Waals surface area contributed by atoms with E-state index in [2.05, 4.69) is 10.0 Å². The molecule has 0 heterocycles. The Morgan fingerprint density at radius 3 is 2.32 bits per heavy atom. The van der Waals surface area contributed by atoms with E-state index >= 15 is 0 Å². The number of carbonyl (C=O) groups excluding carboxylic acids is 1. The van der Waals surface area contributed by atoms with Crippen LogP contribution in [0.3, 0.4) is 0 Å². The van der Waals surface area contributed by atoms with Crippen LogP contribution < -0.4 is 10.0 Å². The summed E-state index contributed by atoms with van der Waals surface area (Å²) in [5.74, 6) is -0.178. The van der Waals surface area contributed by atoms with Gasteiger partial charge in [0.15, 0.2) is 0 Å². The van der Waals surface area contributed by atoms with Gasteiger partial charge in [-0.1, -0.05) is 23.8 Å². The molecule has 0 saturated carbocycles. The lowest BCUT2D eigenvalue weighted by atomic mass is 10.2. The van der Waals surface area contributed by atoms with Gasteiger partial charge in [0.05, 0.1) is 10.1 Å². The second-order valence-corrected chi connectivity index (χ2v) is 9.02. The van der Waals surface area contributed by atoms with Crippen molar-refractivity contribution in [1.29, 1.82) is 0 Å². The van der Waals surface area contributed by atoms with Crippen molar-refractivity contribution in [2.75, 3.05) is 12.4 Å². The van der Waals surface area contributed by atoms with E-state index in [4.69, 9.17) is 0 Å². The van der Waals surface area contributed by atoms with Crippen LogP contribution in [0.1, 0.15) is 18.1 Å². The second-order valence-electron chi connectivity index (χ2n) is 5.75. The Morgan fingerprint density at radius 1 is 1.08 bits per heavy atom. The van der Waals surface area contributed by atoms with Crippen molar-refractivity contribution >= 4 is 33.4 Å². The molecular weight excluding hydrogens is 356 g/mol. The number of hydrogen-bond donors (Lipinski definition) is 2. The molecule has 0 spiro atoms. The molecule has 5 nitrogen and oxygen atoms in total. The molecule has 0 aliphatic carbocycles. The fourth-order valence-electron chi connectivity index (χ4n) is 2.20. The third kappa shape index (κ3) is 5.07. The number of rotatable bonds is 6. The van der Waals surface area contributed by atoms with Crippen molar-refractivity contribution < 1.29 is 13.2 Å². The van der Waals surface area contributed by atoms with Gasteiger partial charge < -0.3 is 5.32 Å². The van der Waals surface area contributed by atoms with Gasteiger partial charge >= 0.3 is 0 Å². The monoisotopic (exact) mass is 378 g/mol. The van der Waals surface area contributed by atoms with Gasteiger partial charge in [0.2, 0.25) is 15.9 Å². The van der Waals surface area contributed by atoms with Crippen LogP contribution in [0, 0.1) is 13.8 Å². The summed E-state index contributed by atoms with van der Waals surface area (Å²) in [6.45, 7) is 5.55. The predicted molar refractivity (Wildman–Crippen MR) is 103 cm³/mol. The molecule has 25 heavy (non-hydrogen) atoms. The highest BCUT2D eigenvalue weighted by atomic mass is 32.2. The molecule has 0 saturated heterocycles. The highest BCUT2D eigenvalue weighted by molar-refractivity contribution is 8.00. The first-order chi connectivity index (χ1) is 11.7. The van der Waals surface area contributed by atoms with E-state index in [0.717, 1.165) is 4.90 Å². The van der Waals surface area contributed by atoms with E-state index < -0.39 is 10.0 Å². The Kier molecular flexibility index (Phi) is 6.26. The first kappa shape index (κ1) is 19.5. The van der Waals surface area contributed by atoms with Crippen molar-refractivity contribution in [1.82, 2.24) is 4.72 Å². The Bertz CT molecular complexity index is 862. The average Bonchev–Trinajstić information content (AvgIpc) is 2.58. The van der Waals surface area contributed by atoms with E-state index in [1.165, 1.54) is 30.4 Å². The standard InChI is InChI=1S/C18H22N2O3S2/c1-12-5-9-16(10-6-12)24-14(3)18(21)20-15-8-7-13(2)17(11-15)25(22,23)19-4/h5-11,14,19H,1-4H3,(H,20,21)/t14-/m1/s1. The molecule has 2 rings (SSSR count). The summed E-state index contributed by atoms with van der Waals surface area (Å²) in [5, 5.41) is 2.47. The van der Waals surface area contributed by atoms with Crippen LogP contribution in [0.4, 0.5) is 5.69 Å². The Labute approximate surface area is 153 Å². The largest absolute Gasteiger partial charge is 0.325 e. The quantitative estimate of drug-likeness (QED) is 0.756. The molecule has 0 aliphatic heterocycles. The first-order valence-corrected chi connectivity index (χ1v) is 10.2. The molecule has 1 atom stereocenters. The van der Waals surface area contributed by atoms with Crippen LogP contribution in [0.2, 0.25) is 0 Å². The Balaban J connectivity index is 2.12. The van der Waals surface area contributed by atoms with Crippen LogP contribution in [0.25, 0.3) is 0 Å². The lowest BCUT2D eigenvalue weighted by Gasteiger charge is -2.14. The van der Waals surface area contributed by atoms with E-state index in [1.807, 2.05) is 38.1 Å². The minimum Gasteiger partial charge on any atom is -0.325 e. The normalized spacial score (nSPS) is 12.6. The molecule has 0 aromatic heterocycles. The van der Waals surface area contributed by atoms with Crippen LogP contribution in [-0.2, 0) is 14.8 Å². The van der Waals surface area contributed by atoms with E-state index in [9.17, 15) is 13.2 Å². The summed E-state index contributed by atoms with van der Waals surface area (Å²) in [7, 11) is -2.21. The summed E-state index contributed by atoms with van der Waals surface area (Å²) >= 11 is 1.45. The number of sulfonamides is 1. The number of thioether (sulfide) groups is 1. The first-order valence-electron chi connectivity index (χ1n) is 7.81. The average molecular weight is 379 g/mol. The topological polar surface area (TPSA) is 75.3 Å². The maximum Gasteiger partial charge on any atom is 0.240 e. The van der Waals surface area contributed by atoms with Gasteiger partial charge in [-0.15, -0.1) is 11.8 Å². The molecule has 1 amide bonds. The zero-order valence-electron chi connectivity index (χ0n) is 14.7. The van der Waals surface area contributed by atoms with Gasteiger partial charge in [0.1, 0.15) is 0 Å². The Hall–Kier alpha value is -1.83. The minimum absolute atomic E-state index is 0.159. The van der Waals surface area contributed by atoms with Crippen molar-refractivity contribution in [3.63, 3.8) is 0 Å². The fourth-order valence-corrected chi connectivity index (χ4v) is 4.06. The molecule has 2 aromatic rings. The van der Waals surface area contributed by atoms with Crippen molar-refractivity contribution in [3.05, 3.63) is 53.6 Å². The molecule has 0 bridgehead atoms. The maximum atomic E-state index is 12.4. The molecule has 0 radical (unpaired) electrons. The number of anilines is 1. The highest BCUT2D eigenvalue weighted by Crippen LogP contribution is 2.25. The van der Waals surface area contributed by atoms with E-state index in [1.54, 1.807) is 19.1 Å². The number of nitrogens with one attached hydrogen (secondary N) is 2. The summed E-state index contributed by atoms with van der Waals surface area (Å²) in [6, 6.07) is 12.8. The third-order valence-corrected chi connectivity index (χ3v) is 6.39. The smallest absolute Gasteiger partial charge is 0.240 e. The number of aryl methyl sites for hydroxylation is 2. The zero-order valence-corrected chi connectivity index (χ0v) is 16.3. The molecule has 2 N–H and O–H groups in total. The van der Waals surface area contributed by atoms with E-state index in [-0.39, 0.29) is 16.1 Å². The van der Waals surface area contributed by atoms with Gasteiger partial charge in [-0.3, -0.25) is 4.79 Å². The number of hydrogen-bond acceptors (Lipinski definition) is 4. The number of benzene rings is 2. The number of amides is 1. The summed E-state index contributed by atoms with van der Waals surface area (Å²) in [4.78, 5) is 13.6. The van der Waals surface area contributed by atoms with Crippen molar-refractivity contribution in [2.45, 2.75) is 35.8 Å². The van der Waals surface area contributed by atoms with Gasteiger partial charge in [-0.05, 0) is 57.6 Å². The van der Waals surface area contributed by atoms with E-state index in [0.29, 0.717) is 11.3 Å². The van der Waals surface area contributed by atoms with Gasteiger partial charge in [-0.25, -0.2) is 13.1 Å². The Morgan fingerprint density at radius 2 is 1.72 bits per heavy atom. The van der Waals surface area contributed by atoms with Crippen LogP contribution in [0.5, 0.6) is 0 Å². The molecular formula is C18H22N2O3S2. The molecule has 0 fully saturated rings. The summed E-state index contributed by atoms with van der Waals surface area (Å²) in [6.07, 6.45) is 0. The lowest BCUT2D eigenvalue weighted by Crippen LogP contribution is -2.23. The molecule has 134 valence electrons. The highest BCUT2D eigenvalue weighted by Gasteiger charge is 2.18. The predicted octanol–water partition coefficient (Wildman–Crippen LogP) is 3.33. The third-order valence-electron chi connectivity index (χ3n) is 3.72. The zero-order chi connectivity index (χ0) is 18.6. The lowest BCUT2D eigenvalue weighted by molar-refractivity contribution is -0.115. The SMILES string of the molecule is CNS(=O)(=O)c1cc(NC(=O)[C@@H](C)Sc2ccc(C)cc2)ccc1C. The van der Waals surface area contributed by atoms with Crippen molar-refractivity contribution in [3.8, 4) is 0 Å². The molecule has 2 aromatic carbocycles. The summed E-state index contributed by atoms with van der Waals surface area (Å²) in [5.41, 5.74) is 2.24. The molecule has 0 unspecified atom stereocenters. The second kappa shape index (κ2) is 8.03. The minimum atomic E-state index is -3.57. The van der Waals surface area contributed by atoms with Gasteiger partial charge in [0, 0.05) is 10.6 Å². The van der Waals surface area contributed by atoms with Crippen molar-refractivity contribution in [2.24, 2.45) is 0 Å². The van der Waals surface area contributed by atoms with Gasteiger partial charge in [0.25, 0.3) is 0 Å². The van der Waals surface area contributed by atoms with Crippen LogP contribution in [-0.4, -0.2) is 26.6 Å². The summed E-state index contributed by atoms with van der Waals surface area (Å²) < 4.78 is 26.4. The molecule has 7 heteroatoms. The molecule has 0 aliphatic rings. The van der Waals surface area contributed by atoms with Crippen LogP contribution >= 0.6 is 11.8 Å². The fraction of sp³-hybridized carbons (Fsp3) is 0.278. The van der Waals surface area contributed by atoms with Gasteiger partial charge in [-0.2, -0.15) is 0 Å². The number of carbonyl (C=O) groups is 1. The van der Waals surface area contributed by atoms with Crippen LogP contribution in [0.15, 0.2) is 52.3 Å². The maximum absolute atomic E-state index is 12.4.